The van der Waals surface area contributed by atoms with Crippen LogP contribution in [0.15, 0.2) is 42.5 Å². The van der Waals surface area contributed by atoms with Gasteiger partial charge in [0.2, 0.25) is 0 Å². The van der Waals surface area contributed by atoms with Crippen molar-refractivity contribution < 1.29 is 14.1 Å². The lowest BCUT2D eigenvalue weighted by molar-refractivity contribution is -0.918. The number of halogens is 2. The van der Waals surface area contributed by atoms with E-state index in [1.54, 1.807) is 4.90 Å². The zero-order valence-corrected chi connectivity index (χ0v) is 14.9. The molecule has 0 aliphatic carbocycles. The topological polar surface area (TPSA) is 33.5 Å². The van der Waals surface area contributed by atoms with E-state index in [4.69, 9.17) is 11.6 Å². The summed E-state index contributed by atoms with van der Waals surface area (Å²) < 4.78 is 13.7. The highest BCUT2D eigenvalue weighted by molar-refractivity contribution is 6.31. The molecule has 0 spiro atoms. The van der Waals surface area contributed by atoms with Crippen LogP contribution >= 0.6 is 11.6 Å². The Morgan fingerprint density at radius 1 is 1.04 bits per heavy atom. The molecule has 2 aromatic carbocycles. The number of quaternary nitrogens is 1. The Kier molecular flexibility index (Phi) is 6.05. The van der Waals surface area contributed by atoms with Gasteiger partial charge >= 0.3 is 0 Å². The lowest BCUT2D eigenvalue weighted by Gasteiger charge is -2.23. The number of hydrogen-bond donors (Lipinski definition) is 2. The van der Waals surface area contributed by atoms with Crippen LogP contribution < -0.4 is 10.2 Å². The van der Waals surface area contributed by atoms with Crippen molar-refractivity contribution in [3.63, 3.8) is 0 Å². The second kappa shape index (κ2) is 8.45. The number of hydrogen-bond acceptors (Lipinski definition) is 1. The Bertz CT molecular complexity index is 727. The third-order valence-electron chi connectivity index (χ3n) is 4.66. The van der Waals surface area contributed by atoms with Crippen LogP contribution in [0.4, 0.5) is 4.39 Å². The maximum Gasteiger partial charge on any atom is 0.254 e. The minimum atomic E-state index is -0.568. The summed E-state index contributed by atoms with van der Waals surface area (Å²) in [5.41, 5.74) is 2.28. The van der Waals surface area contributed by atoms with Gasteiger partial charge in [0, 0.05) is 17.1 Å². The molecule has 1 saturated heterocycles. The summed E-state index contributed by atoms with van der Waals surface area (Å²) in [6.07, 6.45) is 3.99. The zero-order chi connectivity index (χ0) is 17.6. The Morgan fingerprint density at radius 3 is 2.44 bits per heavy atom. The van der Waals surface area contributed by atoms with E-state index in [2.05, 4.69) is 17.4 Å². The van der Waals surface area contributed by atoms with Crippen LogP contribution in [0.25, 0.3) is 0 Å². The summed E-state index contributed by atoms with van der Waals surface area (Å²) in [5.74, 6) is -1.02. The van der Waals surface area contributed by atoms with Crippen LogP contribution in [0, 0.1) is 5.82 Å². The highest BCUT2D eigenvalue weighted by atomic mass is 35.5. The molecule has 0 unspecified atom stereocenters. The average Bonchev–Trinajstić information content (AvgIpc) is 2.64. The van der Waals surface area contributed by atoms with Crippen LogP contribution in [-0.4, -0.2) is 19.0 Å². The fourth-order valence-corrected chi connectivity index (χ4v) is 3.41. The third-order valence-corrected chi connectivity index (χ3v) is 4.90. The first kappa shape index (κ1) is 17.9. The Hall–Kier alpha value is -1.91. The maximum atomic E-state index is 13.7. The van der Waals surface area contributed by atoms with Gasteiger partial charge < -0.3 is 10.2 Å². The molecule has 2 N–H and O–H groups in total. The van der Waals surface area contributed by atoms with Gasteiger partial charge in [0.05, 0.1) is 18.7 Å². The van der Waals surface area contributed by atoms with Gasteiger partial charge in [0.15, 0.2) is 0 Å². The average molecular weight is 362 g/mol. The predicted octanol–water partition coefficient (Wildman–Crippen LogP) is 2.98. The smallest absolute Gasteiger partial charge is 0.254 e. The Labute approximate surface area is 152 Å². The number of nitrogens with one attached hydrogen (secondary N) is 2. The summed E-state index contributed by atoms with van der Waals surface area (Å²) in [6.45, 7) is 3.92. The largest absolute Gasteiger partial charge is 0.348 e. The van der Waals surface area contributed by atoms with Gasteiger partial charge in [-0.3, -0.25) is 4.79 Å². The van der Waals surface area contributed by atoms with Crippen molar-refractivity contribution in [2.24, 2.45) is 0 Å². The predicted molar refractivity (Wildman–Crippen MR) is 97.3 cm³/mol. The summed E-state index contributed by atoms with van der Waals surface area (Å²) in [6, 6.07) is 12.2. The van der Waals surface area contributed by atoms with E-state index in [0.29, 0.717) is 11.6 Å². The summed E-state index contributed by atoms with van der Waals surface area (Å²) >= 11 is 5.83. The van der Waals surface area contributed by atoms with Gasteiger partial charge in [-0.15, -0.1) is 0 Å². The minimum absolute atomic E-state index is 0.0298. The Balaban J connectivity index is 1.54. The van der Waals surface area contributed by atoms with E-state index in [1.165, 1.54) is 56.1 Å². The molecule has 3 rings (SSSR count). The fraction of sp³-hybridized carbons (Fsp3) is 0.350. The number of carbonyl (C=O) groups excluding carboxylic acids is 1. The molecule has 1 amide bonds. The lowest BCUT2D eigenvalue weighted by atomic mass is 10.1. The third kappa shape index (κ3) is 5.03. The van der Waals surface area contributed by atoms with Crippen molar-refractivity contribution in [3.05, 3.63) is 70.0 Å². The number of amides is 1. The lowest BCUT2D eigenvalue weighted by Crippen LogP contribution is -3.11. The molecule has 1 aliphatic heterocycles. The summed E-state index contributed by atoms with van der Waals surface area (Å²) in [7, 11) is 0. The van der Waals surface area contributed by atoms with E-state index in [-0.39, 0.29) is 5.56 Å². The van der Waals surface area contributed by atoms with Crippen molar-refractivity contribution in [1.29, 1.82) is 0 Å². The number of carbonyl (C=O) groups is 1. The van der Waals surface area contributed by atoms with E-state index in [0.717, 1.165) is 12.1 Å². The first-order valence-electron chi connectivity index (χ1n) is 8.76. The van der Waals surface area contributed by atoms with Gasteiger partial charge in [0.1, 0.15) is 12.4 Å². The molecule has 0 radical (unpaired) electrons. The molecule has 132 valence electrons. The summed E-state index contributed by atoms with van der Waals surface area (Å²) in [5, 5.41) is 3.08. The van der Waals surface area contributed by atoms with Crippen molar-refractivity contribution in [2.45, 2.75) is 32.4 Å². The molecule has 0 atom stereocenters. The molecule has 2 aromatic rings. The van der Waals surface area contributed by atoms with E-state index >= 15 is 0 Å². The molecule has 0 aromatic heterocycles. The second-order valence-corrected chi connectivity index (χ2v) is 7.05. The van der Waals surface area contributed by atoms with Crippen molar-refractivity contribution in [1.82, 2.24) is 5.32 Å². The molecule has 5 heteroatoms. The van der Waals surface area contributed by atoms with Gasteiger partial charge in [-0.1, -0.05) is 35.9 Å². The minimum Gasteiger partial charge on any atom is -0.348 e. The highest BCUT2D eigenvalue weighted by Crippen LogP contribution is 2.15. The normalized spacial score (nSPS) is 15.1. The maximum absolute atomic E-state index is 13.7. The molecule has 3 nitrogen and oxygen atoms in total. The van der Waals surface area contributed by atoms with E-state index in [9.17, 15) is 9.18 Å². The number of likely N-dealkylation sites (tertiary alicyclic amines) is 1. The molecule has 25 heavy (non-hydrogen) atoms. The summed E-state index contributed by atoms with van der Waals surface area (Å²) in [4.78, 5) is 13.7. The van der Waals surface area contributed by atoms with Crippen LogP contribution in [0.5, 0.6) is 0 Å². The SMILES string of the molecule is O=C(NCc1ccc(C[NH+]2CCCCC2)cc1)c1cc(Cl)ccc1F. The monoisotopic (exact) mass is 361 g/mol. The quantitative estimate of drug-likeness (QED) is 0.843. The first-order valence-corrected chi connectivity index (χ1v) is 9.14. The molecule has 0 saturated carbocycles. The van der Waals surface area contributed by atoms with Crippen LogP contribution in [0.2, 0.25) is 5.02 Å². The molecular weight excluding hydrogens is 339 g/mol. The molecule has 1 heterocycles. The van der Waals surface area contributed by atoms with Gasteiger partial charge in [-0.25, -0.2) is 4.39 Å². The highest BCUT2D eigenvalue weighted by Gasteiger charge is 2.14. The standard InChI is InChI=1S/C20H22ClFN2O/c21-17-8-9-19(22)18(12-17)20(25)23-13-15-4-6-16(7-5-15)14-24-10-2-1-3-11-24/h4-9,12H,1-3,10-11,13-14H2,(H,23,25)/p+1. The van der Waals surface area contributed by atoms with Crippen molar-refractivity contribution >= 4 is 17.5 Å². The van der Waals surface area contributed by atoms with Gasteiger partial charge in [-0.05, 0) is 43.0 Å². The first-order chi connectivity index (χ1) is 12.1. The van der Waals surface area contributed by atoms with Crippen molar-refractivity contribution in [3.8, 4) is 0 Å². The zero-order valence-electron chi connectivity index (χ0n) is 14.2. The second-order valence-electron chi connectivity index (χ2n) is 6.61. The Morgan fingerprint density at radius 2 is 1.72 bits per heavy atom. The van der Waals surface area contributed by atoms with Crippen molar-refractivity contribution in [2.75, 3.05) is 13.1 Å². The molecular formula is C20H23ClFN2O+. The number of benzene rings is 2. The fourth-order valence-electron chi connectivity index (χ4n) is 3.24. The van der Waals surface area contributed by atoms with Crippen LogP contribution in [0.3, 0.4) is 0 Å². The number of rotatable bonds is 5. The van der Waals surface area contributed by atoms with E-state index < -0.39 is 11.7 Å². The van der Waals surface area contributed by atoms with E-state index in [1.807, 2.05) is 12.1 Å². The molecule has 1 fully saturated rings. The van der Waals surface area contributed by atoms with Crippen LogP contribution in [0.1, 0.15) is 40.7 Å². The molecule has 1 aliphatic rings. The van der Waals surface area contributed by atoms with Gasteiger partial charge in [-0.2, -0.15) is 0 Å². The van der Waals surface area contributed by atoms with Crippen LogP contribution in [-0.2, 0) is 13.1 Å². The number of piperidine rings is 1. The molecule has 0 bridgehead atoms. The van der Waals surface area contributed by atoms with Gasteiger partial charge in [0.25, 0.3) is 5.91 Å².